The second-order valence-electron chi connectivity index (χ2n) is 3.99. The number of imidazole rings is 1. The number of hydrogen-bond acceptors (Lipinski definition) is 4. The second kappa shape index (κ2) is 3.75. The number of aromatic nitrogens is 3. The summed E-state index contributed by atoms with van der Waals surface area (Å²) >= 11 is 0. The molecule has 1 aliphatic heterocycles. The van der Waals surface area contributed by atoms with E-state index in [-0.39, 0.29) is 0 Å². The lowest BCUT2D eigenvalue weighted by molar-refractivity contribution is 0.123. The van der Waals surface area contributed by atoms with Gasteiger partial charge in [0.15, 0.2) is 5.65 Å². The van der Waals surface area contributed by atoms with Crippen molar-refractivity contribution < 1.29 is 4.74 Å². The molecule has 0 unspecified atom stereocenters. The summed E-state index contributed by atoms with van der Waals surface area (Å²) in [5, 5.41) is 0. The lowest BCUT2D eigenvalue weighted by atomic mass is 10.2. The number of aryl methyl sites for hydroxylation is 1. The van der Waals surface area contributed by atoms with Gasteiger partial charge in [0.25, 0.3) is 0 Å². The number of anilines is 1. The summed E-state index contributed by atoms with van der Waals surface area (Å²) in [5.41, 5.74) is 4.17. The van der Waals surface area contributed by atoms with Crippen molar-refractivity contribution in [1.29, 1.82) is 0 Å². The zero-order valence-corrected chi connectivity index (χ0v) is 9.23. The molecule has 84 valence electrons. The molecule has 0 amide bonds. The van der Waals surface area contributed by atoms with Crippen LogP contribution in [0.25, 0.3) is 11.2 Å². The molecule has 16 heavy (non-hydrogen) atoms. The summed E-state index contributed by atoms with van der Waals surface area (Å²) in [7, 11) is 0. The van der Waals surface area contributed by atoms with Crippen LogP contribution in [0.4, 0.5) is 5.69 Å². The Hall–Kier alpha value is -1.62. The number of nitrogens with zero attached hydrogens (tertiary/aromatic N) is 3. The minimum Gasteiger partial charge on any atom is -0.378 e. The molecule has 0 bridgehead atoms. The standard InChI is InChI=1S/C11H14N4O/c1-8-6-12-11-9(13-7-14-11)10(8)15-2-4-16-5-3-15/h6-7H,2-5H2,1H3,(H,12,13,14). The van der Waals surface area contributed by atoms with Gasteiger partial charge >= 0.3 is 0 Å². The summed E-state index contributed by atoms with van der Waals surface area (Å²) in [6, 6.07) is 0. The minimum absolute atomic E-state index is 0.785. The van der Waals surface area contributed by atoms with Crippen LogP contribution in [0.3, 0.4) is 0 Å². The first-order valence-corrected chi connectivity index (χ1v) is 5.47. The number of hydrogen-bond donors (Lipinski definition) is 1. The van der Waals surface area contributed by atoms with Gasteiger partial charge in [0.2, 0.25) is 0 Å². The lowest BCUT2D eigenvalue weighted by Gasteiger charge is -2.30. The topological polar surface area (TPSA) is 54.0 Å². The van der Waals surface area contributed by atoms with Gasteiger partial charge in [0.05, 0.1) is 25.2 Å². The first-order chi connectivity index (χ1) is 7.86. The smallest absolute Gasteiger partial charge is 0.159 e. The van der Waals surface area contributed by atoms with Gasteiger partial charge in [-0.15, -0.1) is 0 Å². The van der Waals surface area contributed by atoms with Crippen molar-refractivity contribution in [3.63, 3.8) is 0 Å². The van der Waals surface area contributed by atoms with Crippen LogP contribution in [0.2, 0.25) is 0 Å². The zero-order chi connectivity index (χ0) is 11.0. The Morgan fingerprint density at radius 3 is 2.94 bits per heavy atom. The first kappa shape index (κ1) is 9.59. The second-order valence-corrected chi connectivity index (χ2v) is 3.99. The van der Waals surface area contributed by atoms with Crippen molar-refractivity contribution in [2.75, 3.05) is 31.2 Å². The molecule has 0 saturated carbocycles. The zero-order valence-electron chi connectivity index (χ0n) is 9.23. The molecule has 5 heteroatoms. The maximum atomic E-state index is 5.37. The molecular weight excluding hydrogens is 204 g/mol. The van der Waals surface area contributed by atoms with E-state index in [2.05, 4.69) is 26.8 Å². The molecule has 0 aromatic carbocycles. The number of pyridine rings is 1. The van der Waals surface area contributed by atoms with Gasteiger partial charge in [-0.1, -0.05) is 0 Å². The molecule has 1 saturated heterocycles. The summed E-state index contributed by atoms with van der Waals surface area (Å²) in [6.07, 6.45) is 3.59. The fourth-order valence-electron chi connectivity index (χ4n) is 2.15. The molecule has 1 N–H and O–H groups in total. The van der Waals surface area contributed by atoms with Gasteiger partial charge in [-0.25, -0.2) is 9.97 Å². The highest BCUT2D eigenvalue weighted by Gasteiger charge is 2.17. The van der Waals surface area contributed by atoms with Crippen molar-refractivity contribution in [2.45, 2.75) is 6.92 Å². The Bertz CT molecular complexity index is 502. The third kappa shape index (κ3) is 1.44. The third-order valence-electron chi connectivity index (χ3n) is 2.93. The molecule has 3 heterocycles. The quantitative estimate of drug-likeness (QED) is 0.778. The maximum Gasteiger partial charge on any atom is 0.159 e. The van der Waals surface area contributed by atoms with Crippen molar-refractivity contribution >= 4 is 16.9 Å². The highest BCUT2D eigenvalue weighted by molar-refractivity contribution is 5.87. The van der Waals surface area contributed by atoms with E-state index >= 15 is 0 Å². The minimum atomic E-state index is 0.785. The Morgan fingerprint density at radius 2 is 2.12 bits per heavy atom. The van der Waals surface area contributed by atoms with Gasteiger partial charge in [-0.05, 0) is 12.5 Å². The fraction of sp³-hybridized carbons (Fsp3) is 0.455. The SMILES string of the molecule is Cc1cnc2[nH]cnc2c1N1CCOCC1. The molecule has 0 atom stereocenters. The monoisotopic (exact) mass is 218 g/mol. The van der Waals surface area contributed by atoms with Crippen molar-refractivity contribution in [2.24, 2.45) is 0 Å². The molecule has 1 fully saturated rings. The van der Waals surface area contributed by atoms with Crippen molar-refractivity contribution in [3.05, 3.63) is 18.1 Å². The van der Waals surface area contributed by atoms with Gasteiger partial charge in [0.1, 0.15) is 5.52 Å². The number of fused-ring (bicyclic) bond motifs is 1. The Kier molecular flexibility index (Phi) is 2.25. The van der Waals surface area contributed by atoms with E-state index in [1.165, 1.54) is 11.3 Å². The molecule has 0 aliphatic carbocycles. The van der Waals surface area contributed by atoms with E-state index in [1.807, 2.05) is 6.20 Å². The molecule has 0 spiro atoms. The van der Waals surface area contributed by atoms with E-state index in [9.17, 15) is 0 Å². The van der Waals surface area contributed by atoms with Crippen LogP contribution in [-0.4, -0.2) is 41.3 Å². The fourth-order valence-corrected chi connectivity index (χ4v) is 2.15. The highest BCUT2D eigenvalue weighted by Crippen LogP contribution is 2.27. The maximum absolute atomic E-state index is 5.37. The molecular formula is C11H14N4O. The largest absolute Gasteiger partial charge is 0.378 e. The summed E-state index contributed by atoms with van der Waals surface area (Å²) in [6.45, 7) is 5.49. The Labute approximate surface area is 93.5 Å². The average molecular weight is 218 g/mol. The van der Waals surface area contributed by atoms with Gasteiger partial charge < -0.3 is 14.6 Å². The van der Waals surface area contributed by atoms with Gasteiger partial charge in [-0.2, -0.15) is 0 Å². The van der Waals surface area contributed by atoms with Gasteiger partial charge in [0, 0.05) is 19.3 Å². The molecule has 5 nitrogen and oxygen atoms in total. The molecule has 0 radical (unpaired) electrons. The van der Waals surface area contributed by atoms with Crippen LogP contribution in [0, 0.1) is 6.92 Å². The van der Waals surface area contributed by atoms with Crippen LogP contribution in [0.1, 0.15) is 5.56 Å². The van der Waals surface area contributed by atoms with E-state index in [4.69, 9.17) is 4.74 Å². The number of ether oxygens (including phenoxy) is 1. The number of rotatable bonds is 1. The summed E-state index contributed by atoms with van der Waals surface area (Å²) in [4.78, 5) is 14.0. The van der Waals surface area contributed by atoms with Crippen LogP contribution in [0.5, 0.6) is 0 Å². The molecule has 3 rings (SSSR count). The Balaban J connectivity index is 2.12. The van der Waals surface area contributed by atoms with Crippen LogP contribution >= 0.6 is 0 Å². The number of H-pyrrole nitrogens is 1. The highest BCUT2D eigenvalue weighted by atomic mass is 16.5. The van der Waals surface area contributed by atoms with E-state index < -0.39 is 0 Å². The van der Waals surface area contributed by atoms with Crippen LogP contribution in [-0.2, 0) is 4.74 Å². The molecule has 2 aromatic heterocycles. The van der Waals surface area contributed by atoms with Crippen molar-refractivity contribution in [1.82, 2.24) is 15.0 Å². The number of aromatic amines is 1. The van der Waals surface area contributed by atoms with E-state index in [0.717, 1.165) is 37.5 Å². The average Bonchev–Trinajstić information content (AvgIpc) is 2.78. The van der Waals surface area contributed by atoms with Gasteiger partial charge in [-0.3, -0.25) is 0 Å². The predicted molar refractivity (Wildman–Crippen MR) is 61.7 cm³/mol. The van der Waals surface area contributed by atoms with Crippen LogP contribution < -0.4 is 4.90 Å². The molecule has 1 aliphatic rings. The summed E-state index contributed by atoms with van der Waals surface area (Å²) < 4.78 is 5.37. The summed E-state index contributed by atoms with van der Waals surface area (Å²) in [5.74, 6) is 0. The van der Waals surface area contributed by atoms with Crippen LogP contribution in [0.15, 0.2) is 12.5 Å². The van der Waals surface area contributed by atoms with E-state index in [0.29, 0.717) is 0 Å². The predicted octanol–water partition coefficient (Wildman–Crippen LogP) is 1.10. The molecule has 2 aromatic rings. The van der Waals surface area contributed by atoms with E-state index in [1.54, 1.807) is 6.33 Å². The lowest BCUT2D eigenvalue weighted by Crippen LogP contribution is -2.36. The Morgan fingerprint density at radius 1 is 1.31 bits per heavy atom. The number of nitrogens with one attached hydrogen (secondary N) is 1. The van der Waals surface area contributed by atoms with Crippen molar-refractivity contribution in [3.8, 4) is 0 Å². The number of morpholine rings is 1. The first-order valence-electron chi connectivity index (χ1n) is 5.47. The normalized spacial score (nSPS) is 16.9. The third-order valence-corrected chi connectivity index (χ3v) is 2.93.